The molecule has 1 saturated heterocycles. The summed E-state index contributed by atoms with van der Waals surface area (Å²) < 4.78 is 0. The van der Waals surface area contributed by atoms with Crippen LogP contribution in [-0.2, 0) is 9.59 Å². The van der Waals surface area contributed by atoms with Crippen molar-refractivity contribution in [3.8, 4) is 0 Å². The van der Waals surface area contributed by atoms with Crippen LogP contribution >= 0.6 is 0 Å². The molecule has 0 spiro atoms. The maximum absolute atomic E-state index is 13.4. The van der Waals surface area contributed by atoms with Crippen LogP contribution in [0.25, 0.3) is 5.57 Å². The van der Waals surface area contributed by atoms with Gasteiger partial charge in [-0.15, -0.1) is 0 Å². The molecule has 3 N–H and O–H groups in total. The van der Waals surface area contributed by atoms with Crippen molar-refractivity contribution in [3.63, 3.8) is 0 Å². The summed E-state index contributed by atoms with van der Waals surface area (Å²) in [5.74, 6) is -1.77. The van der Waals surface area contributed by atoms with E-state index in [1.165, 1.54) is 5.57 Å². The third-order valence-electron chi connectivity index (χ3n) is 6.77. The van der Waals surface area contributed by atoms with E-state index in [2.05, 4.69) is 23.5 Å². The molecule has 2 aliphatic heterocycles. The second-order valence-electron chi connectivity index (χ2n) is 8.77. The Labute approximate surface area is 199 Å². The number of piperidine rings is 1. The molecule has 0 aliphatic carbocycles. The number of rotatable bonds is 5. The van der Waals surface area contributed by atoms with Crippen LogP contribution in [-0.4, -0.2) is 71.5 Å². The predicted molar refractivity (Wildman–Crippen MR) is 128 cm³/mol. The Morgan fingerprint density at radius 2 is 1.74 bits per heavy atom. The lowest BCUT2D eigenvalue weighted by atomic mass is 9.85. The van der Waals surface area contributed by atoms with Crippen molar-refractivity contribution < 1.29 is 19.6 Å². The molecular weight excluding hydrogens is 432 g/mol. The Morgan fingerprint density at radius 3 is 2.35 bits per heavy atom. The maximum Gasteiger partial charge on any atom is 0.253 e. The molecule has 0 aromatic heterocycles. The smallest absolute Gasteiger partial charge is 0.253 e. The highest BCUT2D eigenvalue weighted by atomic mass is 16.5. The number of amides is 3. The molecule has 1 unspecified atom stereocenters. The Balaban J connectivity index is 1.44. The van der Waals surface area contributed by atoms with Crippen LogP contribution in [0.15, 0.2) is 66.7 Å². The first kappa shape index (κ1) is 23.7. The fraction of sp³-hybridized carbons (Fsp3) is 0.346. The van der Waals surface area contributed by atoms with Crippen LogP contribution in [0.1, 0.15) is 28.8 Å². The Kier molecular flexibility index (Phi) is 7.40. The van der Waals surface area contributed by atoms with Gasteiger partial charge in [0.05, 0.1) is 12.0 Å². The standard InChI is InChI=1S/C26H30N4O4/c1-29(25(32)20-10-6-3-7-11-20)21-16-22(24(31)28-34)23(27-17-21)26(33)30-14-12-19(13-15-30)18-8-4-2-5-9-18/h2-12,21-23,27,34H,13-17H2,1H3,(H,28,31)/t21?,22-,23-/m0/s1. The number of hydrogen-bond acceptors (Lipinski definition) is 5. The number of likely N-dealkylation sites (N-methyl/N-ethyl adjacent to an activating group) is 1. The first-order valence-electron chi connectivity index (χ1n) is 11.5. The highest BCUT2D eigenvalue weighted by Gasteiger charge is 2.42. The van der Waals surface area contributed by atoms with E-state index in [1.54, 1.807) is 46.6 Å². The largest absolute Gasteiger partial charge is 0.337 e. The second-order valence-corrected chi connectivity index (χ2v) is 8.77. The lowest BCUT2D eigenvalue weighted by molar-refractivity contribution is -0.144. The molecule has 3 atom stereocenters. The summed E-state index contributed by atoms with van der Waals surface area (Å²) in [7, 11) is 1.69. The van der Waals surface area contributed by atoms with Crippen molar-refractivity contribution in [2.75, 3.05) is 26.7 Å². The summed E-state index contributed by atoms with van der Waals surface area (Å²) in [5.41, 5.74) is 4.61. The van der Waals surface area contributed by atoms with Gasteiger partial charge in [0.25, 0.3) is 5.91 Å². The van der Waals surface area contributed by atoms with Gasteiger partial charge in [-0.1, -0.05) is 54.6 Å². The minimum absolute atomic E-state index is 0.157. The fourth-order valence-corrected chi connectivity index (χ4v) is 4.74. The van der Waals surface area contributed by atoms with Crippen molar-refractivity contribution in [2.24, 2.45) is 5.92 Å². The van der Waals surface area contributed by atoms with Gasteiger partial charge in [-0.2, -0.15) is 0 Å². The summed E-state index contributed by atoms with van der Waals surface area (Å²) in [4.78, 5) is 42.1. The van der Waals surface area contributed by atoms with Crippen LogP contribution in [0, 0.1) is 5.92 Å². The maximum atomic E-state index is 13.4. The van der Waals surface area contributed by atoms with E-state index in [1.807, 2.05) is 24.3 Å². The number of nitrogens with one attached hydrogen (secondary N) is 2. The van der Waals surface area contributed by atoms with Crippen LogP contribution < -0.4 is 10.8 Å². The normalized spacial score (nSPS) is 22.5. The van der Waals surface area contributed by atoms with Crippen LogP contribution in [0.3, 0.4) is 0 Å². The van der Waals surface area contributed by atoms with Crippen molar-refractivity contribution >= 4 is 23.3 Å². The molecule has 2 heterocycles. The molecule has 34 heavy (non-hydrogen) atoms. The lowest BCUT2D eigenvalue weighted by Gasteiger charge is -2.41. The predicted octanol–water partition coefficient (Wildman–Crippen LogP) is 1.93. The minimum atomic E-state index is -0.804. The van der Waals surface area contributed by atoms with E-state index in [0.29, 0.717) is 25.2 Å². The van der Waals surface area contributed by atoms with E-state index in [9.17, 15) is 19.6 Å². The molecule has 4 rings (SSSR count). The average Bonchev–Trinajstić information content (AvgIpc) is 2.92. The summed E-state index contributed by atoms with van der Waals surface area (Å²) in [6.07, 6.45) is 3.05. The number of hydroxylamine groups is 1. The van der Waals surface area contributed by atoms with Crippen molar-refractivity contribution in [1.82, 2.24) is 20.6 Å². The molecule has 8 heteroatoms. The summed E-state index contributed by atoms with van der Waals surface area (Å²) in [6.45, 7) is 1.39. The average molecular weight is 463 g/mol. The van der Waals surface area contributed by atoms with Gasteiger partial charge in [0.2, 0.25) is 11.8 Å². The van der Waals surface area contributed by atoms with E-state index in [-0.39, 0.29) is 24.3 Å². The highest BCUT2D eigenvalue weighted by Crippen LogP contribution is 2.26. The number of benzene rings is 2. The molecule has 0 saturated carbocycles. The number of nitrogens with zero attached hydrogens (tertiary/aromatic N) is 2. The molecule has 178 valence electrons. The zero-order valence-corrected chi connectivity index (χ0v) is 19.2. The number of carbonyl (C=O) groups is 3. The zero-order chi connectivity index (χ0) is 24.1. The first-order chi connectivity index (χ1) is 16.5. The molecule has 8 nitrogen and oxygen atoms in total. The minimum Gasteiger partial charge on any atom is -0.337 e. The Morgan fingerprint density at radius 1 is 1.06 bits per heavy atom. The monoisotopic (exact) mass is 462 g/mol. The van der Waals surface area contributed by atoms with Gasteiger partial charge in [-0.05, 0) is 36.1 Å². The molecule has 0 radical (unpaired) electrons. The second kappa shape index (κ2) is 10.6. The number of carbonyl (C=O) groups excluding carboxylic acids is 3. The molecule has 0 bridgehead atoms. The first-order valence-corrected chi connectivity index (χ1v) is 11.5. The van der Waals surface area contributed by atoms with Gasteiger partial charge in [-0.25, -0.2) is 5.48 Å². The highest BCUT2D eigenvalue weighted by molar-refractivity contribution is 5.94. The van der Waals surface area contributed by atoms with Gasteiger partial charge in [0.1, 0.15) is 0 Å². The SMILES string of the molecule is CN(C(=O)c1ccccc1)C1CN[C@H](C(=O)N2CC=C(c3ccccc3)CC2)[C@@H](C(=O)NO)C1. The molecule has 2 aromatic rings. The van der Waals surface area contributed by atoms with Crippen molar-refractivity contribution in [2.45, 2.75) is 24.9 Å². The zero-order valence-electron chi connectivity index (χ0n) is 19.2. The van der Waals surface area contributed by atoms with E-state index < -0.39 is 17.9 Å². The topological polar surface area (TPSA) is 102 Å². The quantitative estimate of drug-likeness (QED) is 0.466. The van der Waals surface area contributed by atoms with E-state index >= 15 is 0 Å². The molecule has 2 aromatic carbocycles. The third kappa shape index (κ3) is 5.03. The van der Waals surface area contributed by atoms with Gasteiger partial charge in [0, 0.05) is 38.3 Å². The van der Waals surface area contributed by atoms with Gasteiger partial charge < -0.3 is 15.1 Å². The van der Waals surface area contributed by atoms with Gasteiger partial charge >= 0.3 is 0 Å². The molecular formula is C26H30N4O4. The third-order valence-corrected chi connectivity index (χ3v) is 6.77. The number of hydrogen-bond donors (Lipinski definition) is 3. The van der Waals surface area contributed by atoms with Gasteiger partial charge in [-0.3, -0.25) is 19.6 Å². The Hall–Kier alpha value is -3.49. The Bertz CT molecular complexity index is 1060. The summed E-state index contributed by atoms with van der Waals surface area (Å²) >= 11 is 0. The molecule has 2 aliphatic rings. The molecule has 1 fully saturated rings. The van der Waals surface area contributed by atoms with E-state index in [4.69, 9.17) is 0 Å². The van der Waals surface area contributed by atoms with Gasteiger partial charge in [0.15, 0.2) is 0 Å². The van der Waals surface area contributed by atoms with E-state index in [0.717, 1.165) is 12.0 Å². The summed E-state index contributed by atoms with van der Waals surface area (Å²) in [6, 6.07) is 17.9. The van der Waals surface area contributed by atoms with Crippen molar-refractivity contribution in [1.29, 1.82) is 0 Å². The summed E-state index contributed by atoms with van der Waals surface area (Å²) in [5, 5.41) is 12.5. The lowest BCUT2D eigenvalue weighted by Crippen LogP contribution is -2.62. The van der Waals surface area contributed by atoms with Crippen molar-refractivity contribution in [3.05, 3.63) is 77.9 Å². The van der Waals surface area contributed by atoms with Crippen LogP contribution in [0.5, 0.6) is 0 Å². The fourth-order valence-electron chi connectivity index (χ4n) is 4.74. The molecule has 3 amide bonds. The van der Waals surface area contributed by atoms with Crippen LogP contribution in [0.4, 0.5) is 0 Å². The van der Waals surface area contributed by atoms with Crippen LogP contribution in [0.2, 0.25) is 0 Å².